The number of carbonyl (C=O) groups excluding carboxylic acids is 2. The molecule has 1 aromatic carbocycles. The Morgan fingerprint density at radius 1 is 1.28 bits per heavy atom. The first-order valence-electron chi connectivity index (χ1n) is 9.90. The summed E-state index contributed by atoms with van der Waals surface area (Å²) in [5.41, 5.74) is 2.21. The number of piperidine rings is 1. The lowest BCUT2D eigenvalue weighted by atomic mass is 9.95. The molecule has 152 valence electrons. The maximum absolute atomic E-state index is 12.5. The molecule has 0 atom stereocenters. The number of hydrogen-bond acceptors (Lipinski definition) is 4. The van der Waals surface area contributed by atoms with E-state index in [0.717, 1.165) is 28.6 Å². The van der Waals surface area contributed by atoms with Gasteiger partial charge >= 0.3 is 0 Å². The van der Waals surface area contributed by atoms with Crippen LogP contribution in [-0.2, 0) is 11.2 Å². The van der Waals surface area contributed by atoms with Gasteiger partial charge in [-0.3, -0.25) is 9.59 Å². The molecular formula is C22H25N3O4. The van der Waals surface area contributed by atoms with Gasteiger partial charge < -0.3 is 24.4 Å². The summed E-state index contributed by atoms with van der Waals surface area (Å²) in [6.07, 6.45) is 5.56. The van der Waals surface area contributed by atoms with Gasteiger partial charge in [0.15, 0.2) is 5.76 Å². The Morgan fingerprint density at radius 3 is 2.83 bits per heavy atom. The molecule has 7 heteroatoms. The fourth-order valence-electron chi connectivity index (χ4n) is 3.86. The zero-order valence-corrected chi connectivity index (χ0v) is 16.4. The number of rotatable bonds is 6. The molecule has 0 radical (unpaired) electrons. The highest BCUT2D eigenvalue weighted by Crippen LogP contribution is 2.24. The molecule has 1 aliphatic rings. The SMILES string of the molecule is COc1ccc2[nH]cc(CCNC(=O)C3CCN(C(=O)c4ccco4)CC3)c2c1. The molecule has 3 heterocycles. The number of hydrogen-bond donors (Lipinski definition) is 2. The number of fused-ring (bicyclic) bond motifs is 1. The van der Waals surface area contributed by atoms with Crippen molar-refractivity contribution >= 4 is 22.7 Å². The summed E-state index contributed by atoms with van der Waals surface area (Å²) in [6.45, 7) is 1.72. The molecule has 2 N–H and O–H groups in total. The number of H-pyrrole nitrogens is 1. The number of methoxy groups -OCH3 is 1. The average Bonchev–Trinajstić information content (AvgIpc) is 3.43. The second-order valence-corrected chi connectivity index (χ2v) is 7.31. The Hall–Kier alpha value is -3.22. The van der Waals surface area contributed by atoms with E-state index in [1.54, 1.807) is 24.1 Å². The van der Waals surface area contributed by atoms with E-state index in [1.807, 2.05) is 24.4 Å². The quantitative estimate of drug-likeness (QED) is 0.672. The van der Waals surface area contributed by atoms with Gasteiger partial charge in [0.2, 0.25) is 5.91 Å². The first kappa shape index (κ1) is 19.1. The van der Waals surface area contributed by atoms with Gasteiger partial charge in [-0.05, 0) is 55.2 Å². The molecule has 1 saturated heterocycles. The standard InChI is InChI=1S/C22H25N3O4/c1-28-17-4-5-19-18(13-17)16(14-24-19)6-9-23-21(26)15-7-10-25(11-8-15)22(27)20-3-2-12-29-20/h2-5,12-15,24H,6-11H2,1H3,(H,23,26). The van der Waals surface area contributed by atoms with Gasteiger partial charge in [-0.15, -0.1) is 0 Å². The molecule has 7 nitrogen and oxygen atoms in total. The Kier molecular flexibility index (Phi) is 5.55. The Bertz CT molecular complexity index is 985. The third-order valence-corrected chi connectivity index (χ3v) is 5.55. The molecule has 29 heavy (non-hydrogen) atoms. The van der Waals surface area contributed by atoms with Gasteiger partial charge in [0.05, 0.1) is 13.4 Å². The maximum Gasteiger partial charge on any atom is 0.289 e. The first-order valence-corrected chi connectivity index (χ1v) is 9.90. The van der Waals surface area contributed by atoms with Crippen molar-refractivity contribution < 1.29 is 18.7 Å². The van der Waals surface area contributed by atoms with Crippen LogP contribution in [0.4, 0.5) is 0 Å². The van der Waals surface area contributed by atoms with Crippen LogP contribution < -0.4 is 10.1 Å². The summed E-state index contributed by atoms with van der Waals surface area (Å²) in [7, 11) is 1.65. The van der Waals surface area contributed by atoms with Gasteiger partial charge in [-0.2, -0.15) is 0 Å². The van der Waals surface area contributed by atoms with E-state index in [1.165, 1.54) is 6.26 Å². The minimum atomic E-state index is -0.108. The van der Waals surface area contributed by atoms with Crippen LogP contribution in [0.15, 0.2) is 47.2 Å². The van der Waals surface area contributed by atoms with Crippen LogP contribution in [0.2, 0.25) is 0 Å². The Balaban J connectivity index is 1.26. The number of aromatic amines is 1. The van der Waals surface area contributed by atoms with Crippen molar-refractivity contribution in [3.8, 4) is 5.75 Å². The van der Waals surface area contributed by atoms with Crippen molar-refractivity contribution in [2.45, 2.75) is 19.3 Å². The van der Waals surface area contributed by atoms with E-state index in [2.05, 4.69) is 10.3 Å². The fourth-order valence-corrected chi connectivity index (χ4v) is 3.86. The summed E-state index contributed by atoms with van der Waals surface area (Å²) in [6, 6.07) is 9.30. The molecular weight excluding hydrogens is 370 g/mol. The molecule has 0 unspecified atom stereocenters. The molecule has 1 aliphatic heterocycles. The molecule has 0 bridgehead atoms. The van der Waals surface area contributed by atoms with E-state index in [9.17, 15) is 9.59 Å². The fraction of sp³-hybridized carbons (Fsp3) is 0.364. The predicted molar refractivity (Wildman–Crippen MR) is 109 cm³/mol. The Labute approximate surface area is 169 Å². The smallest absolute Gasteiger partial charge is 0.289 e. The van der Waals surface area contributed by atoms with Crippen LogP contribution in [0.1, 0.15) is 29.0 Å². The zero-order valence-electron chi connectivity index (χ0n) is 16.4. The van der Waals surface area contributed by atoms with Gasteiger partial charge in [0.1, 0.15) is 5.75 Å². The number of carbonyl (C=O) groups is 2. The highest BCUT2D eigenvalue weighted by Gasteiger charge is 2.28. The molecule has 0 saturated carbocycles. The van der Waals surface area contributed by atoms with E-state index < -0.39 is 0 Å². The van der Waals surface area contributed by atoms with Crippen LogP contribution in [0.3, 0.4) is 0 Å². The van der Waals surface area contributed by atoms with Crippen LogP contribution in [-0.4, -0.2) is 48.4 Å². The number of nitrogens with zero attached hydrogens (tertiary/aromatic N) is 1. The average molecular weight is 395 g/mol. The number of benzene rings is 1. The maximum atomic E-state index is 12.5. The highest BCUT2D eigenvalue weighted by atomic mass is 16.5. The molecule has 2 aromatic heterocycles. The summed E-state index contributed by atoms with van der Waals surface area (Å²) in [4.78, 5) is 29.9. The van der Waals surface area contributed by atoms with Crippen LogP contribution in [0, 0.1) is 5.92 Å². The number of likely N-dealkylation sites (tertiary alicyclic amines) is 1. The molecule has 4 rings (SSSR count). The van der Waals surface area contributed by atoms with Gasteiger partial charge in [-0.25, -0.2) is 0 Å². The van der Waals surface area contributed by atoms with Gasteiger partial charge in [0.25, 0.3) is 5.91 Å². The van der Waals surface area contributed by atoms with E-state index >= 15 is 0 Å². The lowest BCUT2D eigenvalue weighted by Crippen LogP contribution is -2.43. The van der Waals surface area contributed by atoms with Crippen LogP contribution in [0.25, 0.3) is 10.9 Å². The minimum Gasteiger partial charge on any atom is -0.497 e. The second-order valence-electron chi connectivity index (χ2n) is 7.31. The number of ether oxygens (including phenoxy) is 1. The van der Waals surface area contributed by atoms with Crippen molar-refractivity contribution in [1.82, 2.24) is 15.2 Å². The third kappa shape index (κ3) is 4.13. The van der Waals surface area contributed by atoms with E-state index in [0.29, 0.717) is 38.2 Å². The van der Waals surface area contributed by atoms with Gasteiger partial charge in [-0.1, -0.05) is 0 Å². The normalized spacial score (nSPS) is 14.9. The first-order chi connectivity index (χ1) is 14.2. The number of amides is 2. The summed E-state index contributed by atoms with van der Waals surface area (Å²) in [5.74, 6) is 1.07. The lowest BCUT2D eigenvalue weighted by molar-refractivity contribution is -0.126. The second kappa shape index (κ2) is 8.43. The highest BCUT2D eigenvalue weighted by molar-refractivity contribution is 5.91. The van der Waals surface area contributed by atoms with Crippen molar-refractivity contribution in [1.29, 1.82) is 0 Å². The zero-order chi connectivity index (χ0) is 20.2. The number of aromatic nitrogens is 1. The molecule has 0 aliphatic carbocycles. The number of nitrogens with one attached hydrogen (secondary N) is 2. The van der Waals surface area contributed by atoms with Crippen molar-refractivity contribution in [3.63, 3.8) is 0 Å². The molecule has 2 amide bonds. The molecule has 3 aromatic rings. The molecule has 0 spiro atoms. The lowest BCUT2D eigenvalue weighted by Gasteiger charge is -2.30. The van der Waals surface area contributed by atoms with Crippen molar-refractivity contribution in [2.24, 2.45) is 5.92 Å². The topological polar surface area (TPSA) is 87.6 Å². The molecule has 1 fully saturated rings. The van der Waals surface area contributed by atoms with Crippen LogP contribution >= 0.6 is 0 Å². The minimum absolute atomic E-state index is 0.0567. The Morgan fingerprint density at radius 2 is 2.10 bits per heavy atom. The summed E-state index contributed by atoms with van der Waals surface area (Å²) >= 11 is 0. The number of furan rings is 1. The van der Waals surface area contributed by atoms with E-state index in [-0.39, 0.29) is 17.7 Å². The monoisotopic (exact) mass is 395 g/mol. The van der Waals surface area contributed by atoms with Crippen molar-refractivity contribution in [2.75, 3.05) is 26.7 Å². The largest absolute Gasteiger partial charge is 0.497 e. The van der Waals surface area contributed by atoms with E-state index in [4.69, 9.17) is 9.15 Å². The van der Waals surface area contributed by atoms with Gasteiger partial charge in [0, 0.05) is 42.7 Å². The van der Waals surface area contributed by atoms with Crippen LogP contribution in [0.5, 0.6) is 5.75 Å². The third-order valence-electron chi connectivity index (χ3n) is 5.55. The van der Waals surface area contributed by atoms with Crippen molar-refractivity contribution in [3.05, 3.63) is 54.1 Å². The predicted octanol–water partition coefficient (Wildman–Crippen LogP) is 2.98. The summed E-state index contributed by atoms with van der Waals surface area (Å²) in [5, 5.41) is 4.16. The summed E-state index contributed by atoms with van der Waals surface area (Å²) < 4.78 is 10.5.